The summed E-state index contributed by atoms with van der Waals surface area (Å²) < 4.78 is 27.3. The van der Waals surface area contributed by atoms with E-state index in [9.17, 15) is 40.2 Å². The van der Waals surface area contributed by atoms with Crippen molar-refractivity contribution in [2.75, 3.05) is 20.3 Å². The summed E-state index contributed by atoms with van der Waals surface area (Å²) in [7, 11) is 1.19. The molecule has 2 heterocycles. The van der Waals surface area contributed by atoms with Crippen LogP contribution in [-0.2, 0) is 9.53 Å². The van der Waals surface area contributed by atoms with Crippen LogP contribution in [0.15, 0.2) is 39.5 Å². The van der Waals surface area contributed by atoms with Crippen LogP contribution in [0.4, 0.5) is 0 Å². The Bertz CT molecular complexity index is 1400. The van der Waals surface area contributed by atoms with Crippen LogP contribution < -0.4 is 19.6 Å². The van der Waals surface area contributed by atoms with Gasteiger partial charge < -0.3 is 59.1 Å². The lowest BCUT2D eigenvalue weighted by Gasteiger charge is -2.39. The minimum Gasteiger partial charge on any atom is -0.504 e. The Balaban J connectivity index is 1.86. The van der Waals surface area contributed by atoms with Crippen molar-refractivity contribution < 1.29 is 63.9 Å². The number of methoxy groups -OCH3 is 1. The van der Waals surface area contributed by atoms with E-state index in [2.05, 4.69) is 0 Å². The first-order valence-electron chi connectivity index (χ1n) is 11.1. The lowest BCUT2D eigenvalue weighted by molar-refractivity contribution is -0.277. The van der Waals surface area contributed by atoms with Gasteiger partial charge in [-0.2, -0.15) is 0 Å². The minimum atomic E-state index is -1.76. The van der Waals surface area contributed by atoms with Crippen molar-refractivity contribution >= 4 is 16.9 Å². The molecule has 38 heavy (non-hydrogen) atoms. The molecule has 0 aliphatic carbocycles. The number of ether oxygens (including phenoxy) is 4. The number of phenolic OH excluding ortho intramolecular Hbond substituents is 2. The van der Waals surface area contributed by atoms with E-state index in [1.165, 1.54) is 19.2 Å². The second-order valence-corrected chi connectivity index (χ2v) is 8.29. The number of aliphatic carboxylic acids is 1. The van der Waals surface area contributed by atoms with Gasteiger partial charge in [0.1, 0.15) is 46.9 Å². The minimum absolute atomic E-state index is 0.143. The van der Waals surface area contributed by atoms with Gasteiger partial charge >= 0.3 is 5.97 Å². The van der Waals surface area contributed by atoms with Crippen molar-refractivity contribution in [1.29, 1.82) is 0 Å². The molecule has 3 aromatic rings. The molecule has 0 bridgehead atoms. The molecule has 1 fully saturated rings. The molecule has 14 nitrogen and oxygen atoms in total. The fraction of sp³-hybridized carbons (Fsp3) is 0.333. The zero-order chi connectivity index (χ0) is 27.7. The number of carboxylic acids is 1. The number of hydrogen-bond acceptors (Lipinski definition) is 13. The van der Waals surface area contributed by atoms with E-state index in [1.807, 2.05) is 0 Å². The maximum absolute atomic E-state index is 13.4. The summed E-state index contributed by atoms with van der Waals surface area (Å²) in [4.78, 5) is 24.5. The van der Waals surface area contributed by atoms with Crippen molar-refractivity contribution in [2.45, 2.75) is 30.7 Å². The van der Waals surface area contributed by atoms with Crippen LogP contribution in [0.3, 0.4) is 0 Å². The number of carbonyl (C=O) groups is 1. The Hall–Kier alpha value is -4.08. The van der Waals surface area contributed by atoms with E-state index >= 15 is 0 Å². The number of rotatable bonds is 8. The van der Waals surface area contributed by atoms with E-state index in [1.54, 1.807) is 0 Å². The molecule has 1 aliphatic heterocycles. The molecule has 2 aromatic carbocycles. The monoisotopic (exact) mass is 536 g/mol. The van der Waals surface area contributed by atoms with Gasteiger partial charge in [0.25, 0.3) is 0 Å². The van der Waals surface area contributed by atoms with Crippen LogP contribution >= 0.6 is 0 Å². The number of fused-ring (bicyclic) bond motifs is 1. The molecule has 4 rings (SSSR count). The molecule has 1 aromatic heterocycles. The fourth-order valence-electron chi connectivity index (χ4n) is 3.90. The highest BCUT2D eigenvalue weighted by Crippen LogP contribution is 2.39. The van der Waals surface area contributed by atoms with Gasteiger partial charge in [-0.15, -0.1) is 0 Å². The zero-order valence-corrected chi connectivity index (χ0v) is 19.7. The summed E-state index contributed by atoms with van der Waals surface area (Å²) in [5.41, 5.74) is -0.818. The average Bonchev–Trinajstić information content (AvgIpc) is 2.88. The van der Waals surface area contributed by atoms with Crippen LogP contribution in [0.25, 0.3) is 22.3 Å². The van der Waals surface area contributed by atoms with Crippen LogP contribution in [-0.4, -0.2) is 92.7 Å². The van der Waals surface area contributed by atoms with Crippen LogP contribution in [0.2, 0.25) is 0 Å². The summed E-state index contributed by atoms with van der Waals surface area (Å²) in [6.45, 7) is -1.55. The molecule has 14 heteroatoms. The van der Waals surface area contributed by atoms with Crippen molar-refractivity contribution in [3.05, 3.63) is 40.6 Å². The lowest BCUT2D eigenvalue weighted by Crippen LogP contribution is -2.60. The predicted molar refractivity (Wildman–Crippen MR) is 125 cm³/mol. The number of benzene rings is 2. The van der Waals surface area contributed by atoms with E-state index in [0.717, 1.165) is 18.2 Å². The summed E-state index contributed by atoms with van der Waals surface area (Å²) in [5, 5.41) is 68.1. The summed E-state index contributed by atoms with van der Waals surface area (Å²) in [5.74, 6) is -3.22. The number of hydrogen-bond donors (Lipinski definition) is 7. The van der Waals surface area contributed by atoms with Gasteiger partial charge in [0.15, 0.2) is 23.9 Å². The van der Waals surface area contributed by atoms with E-state index in [0.29, 0.717) is 0 Å². The first kappa shape index (κ1) is 27.0. The smallest absolute Gasteiger partial charge is 0.341 e. The molecule has 1 saturated heterocycles. The first-order chi connectivity index (χ1) is 18.0. The second kappa shape index (κ2) is 10.7. The number of aliphatic hydroxyl groups excluding tert-OH is 4. The normalized spacial score (nSPS) is 23.2. The predicted octanol–water partition coefficient (Wildman–Crippen LogP) is -0.478. The molecule has 0 radical (unpaired) electrons. The Kier molecular flexibility index (Phi) is 7.61. The van der Waals surface area contributed by atoms with Crippen molar-refractivity contribution in [3.63, 3.8) is 0 Å². The third kappa shape index (κ3) is 5.03. The van der Waals surface area contributed by atoms with Gasteiger partial charge in [0, 0.05) is 17.7 Å². The van der Waals surface area contributed by atoms with Crippen LogP contribution in [0, 0.1) is 0 Å². The van der Waals surface area contributed by atoms with Crippen molar-refractivity contribution in [3.8, 4) is 40.1 Å². The molecule has 1 aliphatic rings. The SMILES string of the molecule is COc1c(-c2ccc(O)c(O)c2)oc2cc(O[C@@H]3OC(CO)[C@@H](O)C(O)[C@@H]3O)cc(OCC(=O)O)c2c1=O. The third-order valence-electron chi connectivity index (χ3n) is 5.78. The molecule has 204 valence electrons. The standard InChI is InChI=1S/C24H24O14/c1-34-23-19(31)17-13(35-8-16(28)29)5-10(36-24-21(33)20(32)18(30)15(7-25)38-24)6-14(17)37-22(23)9-2-3-11(26)12(27)4-9/h2-6,15,18,20-21,24-27,30,32-33H,7-8H2,1H3,(H,28,29)/t15?,18-,20?,21+,24-/m1/s1. The molecule has 2 unspecified atom stereocenters. The Morgan fingerprint density at radius 3 is 2.39 bits per heavy atom. The third-order valence-corrected chi connectivity index (χ3v) is 5.78. The first-order valence-corrected chi connectivity index (χ1v) is 11.1. The van der Waals surface area contributed by atoms with E-state index in [-0.39, 0.29) is 39.5 Å². The largest absolute Gasteiger partial charge is 0.504 e. The quantitative estimate of drug-likeness (QED) is 0.181. The fourth-order valence-corrected chi connectivity index (χ4v) is 3.90. The Morgan fingerprint density at radius 2 is 1.76 bits per heavy atom. The maximum Gasteiger partial charge on any atom is 0.341 e. The average molecular weight is 536 g/mol. The number of aromatic hydroxyl groups is 2. The highest BCUT2D eigenvalue weighted by Gasteiger charge is 2.44. The molecule has 0 spiro atoms. The summed E-state index contributed by atoms with van der Waals surface area (Å²) in [6, 6.07) is 5.94. The molecular formula is C24H24O14. The summed E-state index contributed by atoms with van der Waals surface area (Å²) in [6.07, 6.45) is -7.99. The lowest BCUT2D eigenvalue weighted by atomic mass is 9.99. The van der Waals surface area contributed by atoms with E-state index < -0.39 is 66.8 Å². The second-order valence-electron chi connectivity index (χ2n) is 8.29. The van der Waals surface area contributed by atoms with Gasteiger partial charge in [-0.05, 0) is 18.2 Å². The molecule has 5 atom stereocenters. The van der Waals surface area contributed by atoms with Gasteiger partial charge in [0.2, 0.25) is 17.5 Å². The summed E-state index contributed by atoms with van der Waals surface area (Å²) >= 11 is 0. The van der Waals surface area contributed by atoms with Crippen molar-refractivity contribution in [1.82, 2.24) is 0 Å². The molecular weight excluding hydrogens is 512 g/mol. The number of phenols is 2. The topological polar surface area (TPSA) is 226 Å². The Morgan fingerprint density at radius 1 is 1.03 bits per heavy atom. The van der Waals surface area contributed by atoms with Gasteiger partial charge in [-0.3, -0.25) is 4.79 Å². The highest BCUT2D eigenvalue weighted by molar-refractivity contribution is 5.89. The molecule has 7 N–H and O–H groups in total. The highest BCUT2D eigenvalue weighted by atomic mass is 16.7. The van der Waals surface area contributed by atoms with Crippen molar-refractivity contribution in [2.24, 2.45) is 0 Å². The van der Waals surface area contributed by atoms with Gasteiger partial charge in [-0.1, -0.05) is 0 Å². The van der Waals surface area contributed by atoms with Crippen LogP contribution in [0.5, 0.6) is 28.7 Å². The number of carboxylic acid groups (broad SMARTS) is 1. The molecule has 0 amide bonds. The number of aliphatic hydroxyl groups is 4. The maximum atomic E-state index is 13.4. The Labute approximate surface area is 213 Å². The van der Waals surface area contributed by atoms with Gasteiger partial charge in [-0.25, -0.2) is 4.79 Å². The van der Waals surface area contributed by atoms with E-state index in [4.69, 9.17) is 28.5 Å². The molecule has 0 saturated carbocycles. The van der Waals surface area contributed by atoms with Crippen LogP contribution in [0.1, 0.15) is 0 Å². The van der Waals surface area contributed by atoms with Gasteiger partial charge in [0.05, 0.1) is 13.7 Å². The zero-order valence-electron chi connectivity index (χ0n) is 19.7.